The first-order chi connectivity index (χ1) is 16.0. The Balaban J connectivity index is 2.28. The van der Waals surface area contributed by atoms with Crippen molar-refractivity contribution in [2.24, 2.45) is 5.92 Å². The third kappa shape index (κ3) is 6.04. The maximum absolute atomic E-state index is 13.6. The topological polar surface area (TPSA) is 86.6 Å². The largest absolute Gasteiger partial charge is 0.444 e. The summed E-state index contributed by atoms with van der Waals surface area (Å²) < 4.78 is 12.4. The average molecular weight is 465 g/mol. The third-order valence-corrected chi connectivity index (χ3v) is 5.02. The van der Waals surface area contributed by atoms with Crippen LogP contribution in [-0.2, 0) is 22.6 Å². The molecule has 0 atom stereocenters. The van der Waals surface area contributed by atoms with Crippen molar-refractivity contribution in [3.63, 3.8) is 0 Å². The van der Waals surface area contributed by atoms with Crippen LogP contribution in [0.4, 0.5) is 4.79 Å². The molecule has 0 unspecified atom stereocenters. The monoisotopic (exact) mass is 464 g/mol. The third-order valence-electron chi connectivity index (χ3n) is 5.02. The van der Waals surface area contributed by atoms with E-state index in [4.69, 9.17) is 9.47 Å². The van der Waals surface area contributed by atoms with E-state index in [1.165, 1.54) is 6.92 Å². The highest BCUT2D eigenvalue weighted by Crippen LogP contribution is 2.33. The molecule has 1 heterocycles. The molecular weight excluding hydrogens is 432 g/mol. The van der Waals surface area contributed by atoms with Crippen LogP contribution in [0.15, 0.2) is 53.3 Å². The van der Waals surface area contributed by atoms with Crippen LogP contribution >= 0.6 is 0 Å². The Bertz CT molecular complexity index is 1250. The van der Waals surface area contributed by atoms with Crippen molar-refractivity contribution in [2.75, 3.05) is 0 Å². The van der Waals surface area contributed by atoms with Crippen LogP contribution in [0.3, 0.4) is 0 Å². The molecule has 1 N–H and O–H groups in total. The number of fused-ring (bicyclic) bond motifs is 1. The molecule has 3 rings (SSSR count). The number of hydrogen-bond donors (Lipinski definition) is 1. The summed E-state index contributed by atoms with van der Waals surface area (Å²) in [5, 5.41) is 3.97. The maximum Gasteiger partial charge on any atom is 0.407 e. The number of ether oxygens (including phenoxy) is 2. The molecule has 1 amide bonds. The van der Waals surface area contributed by atoms with Crippen molar-refractivity contribution in [3.05, 3.63) is 64.6 Å². The number of aromatic nitrogens is 1. The molecule has 34 heavy (non-hydrogen) atoms. The van der Waals surface area contributed by atoms with Crippen LogP contribution in [-0.4, -0.2) is 22.2 Å². The number of pyridine rings is 1. The molecule has 0 aliphatic rings. The van der Waals surface area contributed by atoms with Crippen LogP contribution in [0.2, 0.25) is 0 Å². The van der Waals surface area contributed by atoms with Crippen LogP contribution in [0, 0.1) is 5.92 Å². The Morgan fingerprint density at radius 2 is 1.71 bits per heavy atom. The van der Waals surface area contributed by atoms with Gasteiger partial charge < -0.3 is 19.4 Å². The smallest absolute Gasteiger partial charge is 0.407 e. The number of nitrogens with one attached hydrogen (secondary N) is 1. The normalized spacial score (nSPS) is 11.5. The van der Waals surface area contributed by atoms with E-state index in [1.807, 2.05) is 44.2 Å². The summed E-state index contributed by atoms with van der Waals surface area (Å²) in [5.41, 5.74) is 1.51. The molecule has 2 aromatic carbocycles. The molecule has 180 valence electrons. The summed E-state index contributed by atoms with van der Waals surface area (Å²) in [7, 11) is 0. The lowest BCUT2D eigenvalue weighted by Crippen LogP contribution is -2.35. The van der Waals surface area contributed by atoms with Gasteiger partial charge in [-0.05, 0) is 50.5 Å². The zero-order chi connectivity index (χ0) is 25.0. The van der Waals surface area contributed by atoms with Crippen molar-refractivity contribution >= 4 is 22.8 Å². The number of carbonyl (C=O) groups excluding carboxylic acids is 2. The number of esters is 1. The van der Waals surface area contributed by atoms with Crippen molar-refractivity contribution in [2.45, 2.75) is 60.2 Å². The fourth-order valence-corrected chi connectivity index (χ4v) is 3.84. The molecule has 0 saturated carbocycles. The first kappa shape index (κ1) is 25.0. The van der Waals surface area contributed by atoms with Crippen LogP contribution in [0.5, 0.6) is 5.75 Å². The highest BCUT2D eigenvalue weighted by molar-refractivity contribution is 5.98. The van der Waals surface area contributed by atoms with Gasteiger partial charge in [0.1, 0.15) is 11.4 Å². The Kier molecular flexibility index (Phi) is 7.44. The number of carbonyl (C=O) groups is 2. The van der Waals surface area contributed by atoms with Gasteiger partial charge in [-0.25, -0.2) is 4.79 Å². The van der Waals surface area contributed by atoms with Gasteiger partial charge in [0.05, 0.1) is 6.54 Å². The summed E-state index contributed by atoms with van der Waals surface area (Å²) in [6, 6.07) is 14.7. The first-order valence-corrected chi connectivity index (χ1v) is 11.4. The number of amides is 1. The Hall–Kier alpha value is -3.61. The molecule has 0 spiro atoms. The molecule has 0 saturated heterocycles. The van der Waals surface area contributed by atoms with E-state index in [2.05, 4.69) is 5.32 Å². The van der Waals surface area contributed by atoms with E-state index in [1.54, 1.807) is 43.5 Å². The molecular formula is C27H32N2O5. The minimum atomic E-state index is -0.647. The van der Waals surface area contributed by atoms with Gasteiger partial charge in [0.2, 0.25) is 0 Å². The number of alkyl carbamates (subject to hydrolysis) is 1. The van der Waals surface area contributed by atoms with Gasteiger partial charge in [0.15, 0.2) is 0 Å². The molecule has 0 bridgehead atoms. The van der Waals surface area contributed by atoms with E-state index >= 15 is 0 Å². The predicted molar refractivity (Wildman–Crippen MR) is 133 cm³/mol. The highest BCUT2D eigenvalue weighted by atomic mass is 16.6. The number of hydrogen-bond acceptors (Lipinski definition) is 5. The van der Waals surface area contributed by atoms with Crippen LogP contribution in [0.25, 0.3) is 21.9 Å². The molecule has 0 fully saturated rings. The van der Waals surface area contributed by atoms with Gasteiger partial charge in [-0.1, -0.05) is 44.2 Å². The van der Waals surface area contributed by atoms with Crippen molar-refractivity contribution in [3.8, 4) is 16.9 Å². The Labute approximate surface area is 199 Å². The standard InChI is InChI=1S/C27H32N2O5/c1-17(2)16-29-23(15-28-26(32)34-27(4,5)6)24(19-10-8-7-9-11-19)22-14-20(33-18(3)30)12-13-21(22)25(29)31/h7-14,17H,15-16H2,1-6H3,(H,28,32). The highest BCUT2D eigenvalue weighted by Gasteiger charge is 2.22. The van der Waals surface area contributed by atoms with Crippen LogP contribution in [0.1, 0.15) is 47.2 Å². The molecule has 0 radical (unpaired) electrons. The Morgan fingerprint density at radius 3 is 2.29 bits per heavy atom. The summed E-state index contributed by atoms with van der Waals surface area (Å²) in [6.45, 7) is 11.4. The summed E-state index contributed by atoms with van der Waals surface area (Å²) in [4.78, 5) is 37.6. The second-order valence-corrected chi connectivity index (χ2v) is 9.65. The zero-order valence-corrected chi connectivity index (χ0v) is 20.6. The van der Waals surface area contributed by atoms with Gasteiger partial charge in [-0.15, -0.1) is 0 Å². The predicted octanol–water partition coefficient (Wildman–Crippen LogP) is 5.27. The Morgan fingerprint density at radius 1 is 1.03 bits per heavy atom. The number of nitrogens with zero attached hydrogens (tertiary/aromatic N) is 1. The minimum Gasteiger partial charge on any atom is -0.444 e. The first-order valence-electron chi connectivity index (χ1n) is 11.4. The van der Waals surface area contributed by atoms with Crippen LogP contribution < -0.4 is 15.6 Å². The quantitative estimate of drug-likeness (QED) is 0.396. The number of benzene rings is 2. The van der Waals surface area contributed by atoms with Crippen molar-refractivity contribution in [1.82, 2.24) is 9.88 Å². The second-order valence-electron chi connectivity index (χ2n) is 9.65. The van der Waals surface area contributed by atoms with Gasteiger partial charge in [-0.3, -0.25) is 9.59 Å². The van der Waals surface area contributed by atoms with Crippen molar-refractivity contribution in [1.29, 1.82) is 0 Å². The second kappa shape index (κ2) is 10.1. The summed E-state index contributed by atoms with van der Waals surface area (Å²) in [6.07, 6.45) is -0.566. The van der Waals surface area contributed by atoms with Gasteiger partial charge in [-0.2, -0.15) is 0 Å². The molecule has 3 aromatic rings. The number of rotatable bonds is 6. The van der Waals surface area contributed by atoms with E-state index < -0.39 is 17.7 Å². The van der Waals surface area contributed by atoms with E-state index in [0.717, 1.165) is 11.1 Å². The fourth-order valence-electron chi connectivity index (χ4n) is 3.84. The van der Waals surface area contributed by atoms with E-state index in [-0.39, 0.29) is 18.0 Å². The molecule has 7 nitrogen and oxygen atoms in total. The molecule has 0 aliphatic carbocycles. The van der Waals surface area contributed by atoms with Gasteiger partial charge >= 0.3 is 12.1 Å². The molecule has 7 heteroatoms. The molecule has 1 aromatic heterocycles. The lowest BCUT2D eigenvalue weighted by atomic mass is 9.96. The van der Waals surface area contributed by atoms with Gasteiger partial charge in [0.25, 0.3) is 5.56 Å². The lowest BCUT2D eigenvalue weighted by molar-refractivity contribution is -0.131. The lowest BCUT2D eigenvalue weighted by Gasteiger charge is -2.23. The minimum absolute atomic E-state index is 0.0921. The molecule has 0 aliphatic heterocycles. The average Bonchev–Trinajstić information content (AvgIpc) is 2.73. The fraction of sp³-hybridized carbons (Fsp3) is 0.370. The van der Waals surface area contributed by atoms with Gasteiger partial charge in [0, 0.05) is 35.5 Å². The SMILES string of the molecule is CC(=O)Oc1ccc2c(=O)n(CC(C)C)c(CNC(=O)OC(C)(C)C)c(-c3ccccc3)c2c1. The zero-order valence-electron chi connectivity index (χ0n) is 20.6. The van der Waals surface area contributed by atoms with E-state index in [9.17, 15) is 14.4 Å². The van der Waals surface area contributed by atoms with Crippen molar-refractivity contribution < 1.29 is 19.1 Å². The maximum atomic E-state index is 13.6. The summed E-state index contributed by atoms with van der Waals surface area (Å²) in [5.74, 6) is 0.101. The van der Waals surface area contributed by atoms with E-state index in [0.29, 0.717) is 28.8 Å². The summed E-state index contributed by atoms with van der Waals surface area (Å²) >= 11 is 0.